The molecule has 0 spiro atoms. The molecule has 0 radical (unpaired) electrons. The Hall–Kier alpha value is -0.710. The monoisotopic (exact) mass is 327 g/mol. The predicted octanol–water partition coefficient (Wildman–Crippen LogP) is 3.34. The normalized spacial score (nSPS) is 22.9. The Kier molecular flexibility index (Phi) is 5.97. The minimum atomic E-state index is -0.620. The molecule has 1 aromatic carbocycles. The SMILES string of the molecule is CC1(O)CCCN(C(=O)CSCc2ccc(Cl)cc2)CC1. The summed E-state index contributed by atoms with van der Waals surface area (Å²) in [7, 11) is 0. The molecule has 0 aromatic heterocycles. The lowest BCUT2D eigenvalue weighted by Gasteiger charge is -2.22. The van der Waals surface area contributed by atoms with E-state index in [0.717, 1.165) is 30.2 Å². The topological polar surface area (TPSA) is 40.5 Å². The van der Waals surface area contributed by atoms with Crippen LogP contribution in [0.25, 0.3) is 0 Å². The lowest BCUT2D eigenvalue weighted by atomic mass is 9.98. The van der Waals surface area contributed by atoms with Crippen LogP contribution in [0.4, 0.5) is 0 Å². The standard InChI is InChI=1S/C16H22ClNO2S/c1-16(20)7-2-9-18(10-8-16)15(19)12-21-11-13-3-5-14(17)6-4-13/h3-6,20H,2,7-12H2,1H3. The lowest BCUT2D eigenvalue weighted by molar-refractivity contribution is -0.128. The van der Waals surface area contributed by atoms with E-state index in [0.29, 0.717) is 18.7 Å². The zero-order chi connectivity index (χ0) is 15.3. The van der Waals surface area contributed by atoms with Crippen LogP contribution in [0.1, 0.15) is 31.7 Å². The second kappa shape index (κ2) is 7.52. The third-order valence-corrected chi connectivity index (χ3v) is 5.06. The van der Waals surface area contributed by atoms with Crippen LogP contribution in [0.2, 0.25) is 5.02 Å². The first kappa shape index (κ1) is 16.7. The van der Waals surface area contributed by atoms with E-state index < -0.39 is 5.60 Å². The number of hydrogen-bond donors (Lipinski definition) is 1. The van der Waals surface area contributed by atoms with Crippen LogP contribution in [0, 0.1) is 0 Å². The Balaban J connectivity index is 1.75. The Morgan fingerprint density at radius 2 is 2.05 bits per heavy atom. The Bertz CT molecular complexity index is 476. The zero-order valence-corrected chi connectivity index (χ0v) is 13.9. The van der Waals surface area contributed by atoms with Gasteiger partial charge < -0.3 is 10.0 Å². The van der Waals surface area contributed by atoms with E-state index in [2.05, 4.69) is 0 Å². The fourth-order valence-corrected chi connectivity index (χ4v) is 3.45. The van der Waals surface area contributed by atoms with Crippen molar-refractivity contribution in [3.8, 4) is 0 Å². The average molecular weight is 328 g/mol. The summed E-state index contributed by atoms with van der Waals surface area (Å²) in [4.78, 5) is 14.1. The molecule has 0 bridgehead atoms. The van der Waals surface area contributed by atoms with Crippen molar-refractivity contribution >= 4 is 29.3 Å². The third kappa shape index (κ3) is 5.53. The van der Waals surface area contributed by atoms with Crippen molar-refractivity contribution in [2.24, 2.45) is 0 Å². The van der Waals surface area contributed by atoms with Crippen molar-refractivity contribution in [3.63, 3.8) is 0 Å². The number of thioether (sulfide) groups is 1. The van der Waals surface area contributed by atoms with Gasteiger partial charge in [-0.15, -0.1) is 11.8 Å². The number of benzene rings is 1. The van der Waals surface area contributed by atoms with Gasteiger partial charge in [-0.1, -0.05) is 23.7 Å². The quantitative estimate of drug-likeness (QED) is 0.922. The molecule has 1 unspecified atom stereocenters. The number of carbonyl (C=O) groups is 1. The summed E-state index contributed by atoms with van der Waals surface area (Å²) in [5.41, 5.74) is 0.557. The van der Waals surface area contributed by atoms with Gasteiger partial charge in [-0.3, -0.25) is 4.79 Å². The second-order valence-electron chi connectivity index (χ2n) is 5.85. The molecule has 2 rings (SSSR count). The van der Waals surface area contributed by atoms with Crippen LogP contribution in [-0.4, -0.2) is 40.4 Å². The average Bonchev–Trinajstić information content (AvgIpc) is 2.62. The number of nitrogens with zero attached hydrogens (tertiary/aromatic N) is 1. The molecule has 1 aliphatic heterocycles. The van der Waals surface area contributed by atoms with E-state index in [-0.39, 0.29) is 5.91 Å². The van der Waals surface area contributed by atoms with Crippen molar-refractivity contribution in [2.45, 2.75) is 37.5 Å². The van der Waals surface area contributed by atoms with Crippen molar-refractivity contribution in [1.29, 1.82) is 0 Å². The van der Waals surface area contributed by atoms with Crippen LogP contribution >= 0.6 is 23.4 Å². The Morgan fingerprint density at radius 1 is 1.33 bits per heavy atom. The van der Waals surface area contributed by atoms with Crippen LogP contribution in [0.3, 0.4) is 0 Å². The fourth-order valence-electron chi connectivity index (χ4n) is 2.44. The van der Waals surface area contributed by atoms with E-state index in [9.17, 15) is 9.90 Å². The molecule has 0 aliphatic carbocycles. The van der Waals surface area contributed by atoms with E-state index in [1.807, 2.05) is 36.1 Å². The number of aliphatic hydroxyl groups is 1. The van der Waals surface area contributed by atoms with Gasteiger partial charge in [-0.25, -0.2) is 0 Å². The molecule has 1 aliphatic rings. The molecule has 1 atom stereocenters. The number of amides is 1. The van der Waals surface area contributed by atoms with Gasteiger partial charge in [0.05, 0.1) is 11.4 Å². The molecule has 1 heterocycles. The molecule has 0 saturated carbocycles. The molecule has 1 amide bonds. The van der Waals surface area contributed by atoms with Gasteiger partial charge >= 0.3 is 0 Å². The smallest absolute Gasteiger partial charge is 0.232 e. The molecular formula is C16H22ClNO2S. The van der Waals surface area contributed by atoms with Gasteiger partial charge in [-0.2, -0.15) is 0 Å². The number of halogens is 1. The third-order valence-electron chi connectivity index (χ3n) is 3.82. The van der Waals surface area contributed by atoms with Gasteiger partial charge in [-0.05, 0) is 43.9 Å². The van der Waals surface area contributed by atoms with E-state index >= 15 is 0 Å². The minimum Gasteiger partial charge on any atom is -0.390 e. The van der Waals surface area contributed by atoms with E-state index in [1.54, 1.807) is 11.8 Å². The summed E-state index contributed by atoms with van der Waals surface area (Å²) in [6.45, 7) is 3.28. The highest BCUT2D eigenvalue weighted by molar-refractivity contribution is 7.99. The molecule has 1 aromatic rings. The first-order chi connectivity index (χ1) is 9.96. The summed E-state index contributed by atoms with van der Waals surface area (Å²) in [5.74, 6) is 1.48. The van der Waals surface area contributed by atoms with Crippen molar-refractivity contribution in [1.82, 2.24) is 4.90 Å². The molecule has 1 N–H and O–H groups in total. The number of carbonyl (C=O) groups excluding carboxylic acids is 1. The molecule has 1 fully saturated rings. The first-order valence-corrected chi connectivity index (χ1v) is 8.82. The van der Waals surface area contributed by atoms with Gasteiger partial charge in [0.25, 0.3) is 0 Å². The van der Waals surface area contributed by atoms with Gasteiger partial charge in [0.15, 0.2) is 0 Å². The maximum atomic E-state index is 12.2. The molecule has 5 heteroatoms. The number of rotatable bonds is 4. The summed E-state index contributed by atoms with van der Waals surface area (Å²) in [6, 6.07) is 7.72. The van der Waals surface area contributed by atoms with Crippen molar-refractivity contribution in [2.75, 3.05) is 18.8 Å². The molecule has 116 valence electrons. The summed E-state index contributed by atoms with van der Waals surface area (Å²) >= 11 is 7.47. The molecular weight excluding hydrogens is 306 g/mol. The fraction of sp³-hybridized carbons (Fsp3) is 0.562. The van der Waals surface area contributed by atoms with Crippen molar-refractivity contribution in [3.05, 3.63) is 34.9 Å². The highest BCUT2D eigenvalue weighted by Crippen LogP contribution is 2.22. The summed E-state index contributed by atoms with van der Waals surface area (Å²) < 4.78 is 0. The van der Waals surface area contributed by atoms with Gasteiger partial charge in [0.1, 0.15) is 0 Å². The number of likely N-dealkylation sites (tertiary alicyclic amines) is 1. The van der Waals surface area contributed by atoms with Crippen LogP contribution < -0.4 is 0 Å². The molecule has 21 heavy (non-hydrogen) atoms. The lowest BCUT2D eigenvalue weighted by Crippen LogP contribution is -2.34. The highest BCUT2D eigenvalue weighted by Gasteiger charge is 2.26. The van der Waals surface area contributed by atoms with Crippen LogP contribution in [0.5, 0.6) is 0 Å². The Labute approximate surface area is 135 Å². The van der Waals surface area contributed by atoms with E-state index in [4.69, 9.17) is 11.6 Å². The summed E-state index contributed by atoms with van der Waals surface area (Å²) in [6.07, 6.45) is 2.32. The predicted molar refractivity (Wildman–Crippen MR) is 88.7 cm³/mol. The van der Waals surface area contributed by atoms with Crippen LogP contribution in [0.15, 0.2) is 24.3 Å². The first-order valence-electron chi connectivity index (χ1n) is 7.29. The largest absolute Gasteiger partial charge is 0.390 e. The summed E-state index contributed by atoms with van der Waals surface area (Å²) in [5, 5.41) is 10.8. The Morgan fingerprint density at radius 3 is 2.76 bits per heavy atom. The number of hydrogen-bond acceptors (Lipinski definition) is 3. The maximum absolute atomic E-state index is 12.2. The van der Waals surface area contributed by atoms with Crippen LogP contribution in [-0.2, 0) is 10.5 Å². The second-order valence-corrected chi connectivity index (χ2v) is 7.27. The van der Waals surface area contributed by atoms with Crippen molar-refractivity contribution < 1.29 is 9.90 Å². The zero-order valence-electron chi connectivity index (χ0n) is 12.3. The van der Waals surface area contributed by atoms with E-state index in [1.165, 1.54) is 5.56 Å². The molecule has 3 nitrogen and oxygen atoms in total. The molecule has 1 saturated heterocycles. The highest BCUT2D eigenvalue weighted by atomic mass is 35.5. The minimum absolute atomic E-state index is 0.173. The maximum Gasteiger partial charge on any atom is 0.232 e. The van der Waals surface area contributed by atoms with Gasteiger partial charge in [0, 0.05) is 23.9 Å². The van der Waals surface area contributed by atoms with Gasteiger partial charge in [0.2, 0.25) is 5.91 Å².